The Morgan fingerprint density at radius 2 is 2.30 bits per heavy atom. The van der Waals surface area contributed by atoms with E-state index in [1.807, 2.05) is 24.4 Å². The van der Waals surface area contributed by atoms with Gasteiger partial charge in [-0.3, -0.25) is 4.79 Å². The first-order chi connectivity index (χ1) is 9.54. The van der Waals surface area contributed by atoms with Gasteiger partial charge in [0.1, 0.15) is 5.82 Å². The van der Waals surface area contributed by atoms with E-state index in [2.05, 4.69) is 10.3 Å². The van der Waals surface area contributed by atoms with Gasteiger partial charge in [0.25, 0.3) is 5.91 Å². The molecule has 0 saturated carbocycles. The molecule has 0 radical (unpaired) electrons. The molecule has 2 aromatic heterocycles. The molecule has 0 saturated heterocycles. The third-order valence-electron chi connectivity index (χ3n) is 3.20. The van der Waals surface area contributed by atoms with Crippen LogP contribution >= 0.6 is 22.9 Å². The molecular weight excluding hydrogens is 294 g/mol. The highest BCUT2D eigenvalue weighted by molar-refractivity contribution is 7.10. The first kappa shape index (κ1) is 14.8. The average Bonchev–Trinajstić information content (AvgIpc) is 2.99. The third kappa shape index (κ3) is 2.94. The number of nitrogens with zero attached hydrogens (tertiary/aromatic N) is 2. The first-order valence-corrected chi connectivity index (χ1v) is 7.44. The lowest BCUT2D eigenvalue weighted by molar-refractivity contribution is 0.0745. The van der Waals surface area contributed by atoms with Gasteiger partial charge in [-0.1, -0.05) is 17.7 Å². The fourth-order valence-electron chi connectivity index (χ4n) is 1.83. The lowest BCUT2D eigenvalue weighted by atomic mass is 10.2. The molecule has 1 unspecified atom stereocenters. The molecule has 6 heteroatoms. The number of rotatable bonds is 4. The molecule has 0 aromatic carbocycles. The quantitative estimate of drug-likeness (QED) is 0.937. The second-order valence-corrected chi connectivity index (χ2v) is 5.79. The van der Waals surface area contributed by atoms with Gasteiger partial charge in [0, 0.05) is 25.2 Å². The van der Waals surface area contributed by atoms with E-state index in [1.54, 1.807) is 36.4 Å². The van der Waals surface area contributed by atoms with Gasteiger partial charge in [-0.05, 0) is 24.4 Å². The molecule has 2 heterocycles. The van der Waals surface area contributed by atoms with E-state index in [0.29, 0.717) is 16.4 Å². The summed E-state index contributed by atoms with van der Waals surface area (Å²) in [4.78, 5) is 19.5. The molecule has 0 bridgehead atoms. The van der Waals surface area contributed by atoms with Crippen LogP contribution in [-0.2, 0) is 0 Å². The standard InChI is InChI=1S/C14H16ClN3OS/c1-9(12-5-4-6-20-12)18(3)14(19)10-7-13(16-2)17-8-11(10)15/h4-9H,1-3H3,(H,16,17). The Balaban J connectivity index is 2.26. The largest absolute Gasteiger partial charge is 0.373 e. The molecule has 1 N–H and O–H groups in total. The maximum Gasteiger partial charge on any atom is 0.255 e. The highest BCUT2D eigenvalue weighted by atomic mass is 35.5. The highest BCUT2D eigenvalue weighted by Gasteiger charge is 2.22. The molecule has 2 aromatic rings. The molecule has 0 aliphatic carbocycles. The van der Waals surface area contributed by atoms with Gasteiger partial charge in [-0.2, -0.15) is 0 Å². The van der Waals surface area contributed by atoms with Crippen molar-refractivity contribution in [2.45, 2.75) is 13.0 Å². The van der Waals surface area contributed by atoms with E-state index in [0.717, 1.165) is 4.88 Å². The highest BCUT2D eigenvalue weighted by Crippen LogP contribution is 2.27. The van der Waals surface area contributed by atoms with Crippen molar-refractivity contribution in [1.82, 2.24) is 9.88 Å². The SMILES string of the molecule is CNc1cc(C(=O)N(C)C(C)c2cccs2)c(Cl)cn1. The number of nitrogens with one attached hydrogen (secondary N) is 1. The third-order valence-corrected chi connectivity index (χ3v) is 4.54. The van der Waals surface area contributed by atoms with Crippen molar-refractivity contribution < 1.29 is 4.79 Å². The summed E-state index contributed by atoms with van der Waals surface area (Å²) in [5, 5.41) is 5.27. The van der Waals surface area contributed by atoms with Crippen LogP contribution in [0.4, 0.5) is 5.82 Å². The van der Waals surface area contributed by atoms with E-state index in [-0.39, 0.29) is 11.9 Å². The molecule has 0 aliphatic rings. The van der Waals surface area contributed by atoms with Crippen LogP contribution in [0.15, 0.2) is 29.8 Å². The van der Waals surface area contributed by atoms with E-state index in [9.17, 15) is 4.79 Å². The van der Waals surface area contributed by atoms with Crippen LogP contribution < -0.4 is 5.32 Å². The number of pyridine rings is 1. The zero-order valence-electron chi connectivity index (χ0n) is 11.6. The van der Waals surface area contributed by atoms with Crippen molar-refractivity contribution in [2.75, 3.05) is 19.4 Å². The molecule has 2 rings (SSSR count). The van der Waals surface area contributed by atoms with Crippen LogP contribution in [0.5, 0.6) is 0 Å². The van der Waals surface area contributed by atoms with Crippen LogP contribution in [0.3, 0.4) is 0 Å². The zero-order chi connectivity index (χ0) is 14.7. The van der Waals surface area contributed by atoms with Crippen LogP contribution in [-0.4, -0.2) is 29.9 Å². The van der Waals surface area contributed by atoms with Crippen molar-refractivity contribution in [2.24, 2.45) is 0 Å². The molecule has 106 valence electrons. The number of thiophene rings is 1. The number of hydrogen-bond acceptors (Lipinski definition) is 4. The van der Waals surface area contributed by atoms with E-state index in [1.165, 1.54) is 6.20 Å². The molecule has 0 aliphatic heterocycles. The van der Waals surface area contributed by atoms with E-state index in [4.69, 9.17) is 11.6 Å². The molecule has 0 spiro atoms. The molecule has 1 atom stereocenters. The minimum Gasteiger partial charge on any atom is -0.373 e. The summed E-state index contributed by atoms with van der Waals surface area (Å²) in [5.41, 5.74) is 0.455. The number of hydrogen-bond donors (Lipinski definition) is 1. The Labute approximate surface area is 127 Å². The fourth-order valence-corrected chi connectivity index (χ4v) is 2.84. The van der Waals surface area contributed by atoms with Gasteiger partial charge in [0.05, 0.1) is 16.6 Å². The Hall–Kier alpha value is -1.59. The van der Waals surface area contributed by atoms with Crippen LogP contribution in [0.25, 0.3) is 0 Å². The maximum atomic E-state index is 12.6. The van der Waals surface area contributed by atoms with E-state index >= 15 is 0 Å². The summed E-state index contributed by atoms with van der Waals surface area (Å²) >= 11 is 7.72. The number of amides is 1. The minimum absolute atomic E-state index is 0.00441. The summed E-state index contributed by atoms with van der Waals surface area (Å²) < 4.78 is 0. The van der Waals surface area contributed by atoms with Gasteiger partial charge >= 0.3 is 0 Å². The van der Waals surface area contributed by atoms with Crippen molar-refractivity contribution >= 4 is 34.7 Å². The van der Waals surface area contributed by atoms with Gasteiger partial charge < -0.3 is 10.2 Å². The van der Waals surface area contributed by atoms with Gasteiger partial charge in [0.15, 0.2) is 0 Å². The average molecular weight is 310 g/mol. The maximum absolute atomic E-state index is 12.6. The Morgan fingerprint density at radius 1 is 1.55 bits per heavy atom. The monoisotopic (exact) mass is 309 g/mol. The van der Waals surface area contributed by atoms with Crippen molar-refractivity contribution in [3.05, 3.63) is 45.2 Å². The predicted molar refractivity (Wildman–Crippen MR) is 83.6 cm³/mol. The lowest BCUT2D eigenvalue weighted by Gasteiger charge is -2.24. The van der Waals surface area contributed by atoms with Crippen LogP contribution in [0.2, 0.25) is 5.02 Å². The van der Waals surface area contributed by atoms with Gasteiger partial charge in [0.2, 0.25) is 0 Å². The Morgan fingerprint density at radius 3 is 2.90 bits per heavy atom. The van der Waals surface area contributed by atoms with Crippen molar-refractivity contribution in [3.8, 4) is 0 Å². The number of carbonyl (C=O) groups is 1. The molecule has 20 heavy (non-hydrogen) atoms. The smallest absolute Gasteiger partial charge is 0.255 e. The Bertz CT molecular complexity index is 600. The summed E-state index contributed by atoms with van der Waals surface area (Å²) in [5.74, 6) is 0.504. The summed E-state index contributed by atoms with van der Waals surface area (Å²) in [7, 11) is 3.53. The minimum atomic E-state index is -0.116. The molecule has 1 amide bonds. The van der Waals surface area contributed by atoms with Crippen molar-refractivity contribution in [3.63, 3.8) is 0 Å². The topological polar surface area (TPSA) is 45.2 Å². The number of halogens is 1. The summed E-state index contributed by atoms with van der Waals surface area (Å²) in [6.45, 7) is 2.00. The van der Waals surface area contributed by atoms with E-state index < -0.39 is 0 Å². The van der Waals surface area contributed by atoms with Crippen molar-refractivity contribution in [1.29, 1.82) is 0 Å². The molecular formula is C14H16ClN3OS. The molecule has 4 nitrogen and oxygen atoms in total. The normalized spacial score (nSPS) is 12.0. The van der Waals surface area contributed by atoms with Crippen LogP contribution in [0, 0.1) is 0 Å². The lowest BCUT2D eigenvalue weighted by Crippen LogP contribution is -2.29. The number of aromatic nitrogens is 1. The second-order valence-electron chi connectivity index (χ2n) is 4.41. The van der Waals surface area contributed by atoms with Crippen LogP contribution in [0.1, 0.15) is 28.2 Å². The number of carbonyl (C=O) groups excluding carboxylic acids is 1. The number of anilines is 1. The van der Waals surface area contributed by atoms with Gasteiger partial charge in [-0.15, -0.1) is 11.3 Å². The Kier molecular flexibility index (Phi) is 4.62. The summed E-state index contributed by atoms with van der Waals surface area (Å²) in [6.07, 6.45) is 1.49. The zero-order valence-corrected chi connectivity index (χ0v) is 13.1. The first-order valence-electron chi connectivity index (χ1n) is 6.18. The second kappa shape index (κ2) is 6.24. The fraction of sp³-hybridized carbons (Fsp3) is 0.286. The summed E-state index contributed by atoms with van der Waals surface area (Å²) in [6, 6.07) is 5.67. The predicted octanol–water partition coefficient (Wildman–Crippen LogP) is 3.67. The molecule has 0 fully saturated rings. The van der Waals surface area contributed by atoms with Gasteiger partial charge in [-0.25, -0.2) is 4.98 Å².